The van der Waals surface area contributed by atoms with E-state index in [1.807, 2.05) is 35.2 Å². The Hall–Kier alpha value is -3.16. The van der Waals surface area contributed by atoms with Crippen molar-refractivity contribution in [3.05, 3.63) is 48.3 Å². The molecule has 1 aliphatic rings. The minimum atomic E-state index is 0.0721. The molecular weight excluding hydrogens is 318 g/mol. The molecule has 1 saturated heterocycles. The Bertz CT molecular complexity index is 892. The molecule has 25 heavy (non-hydrogen) atoms. The van der Waals surface area contributed by atoms with E-state index in [-0.39, 0.29) is 5.91 Å². The van der Waals surface area contributed by atoms with Crippen LogP contribution in [0.1, 0.15) is 16.8 Å². The molecule has 8 heteroatoms. The van der Waals surface area contributed by atoms with E-state index >= 15 is 0 Å². The maximum absolute atomic E-state index is 12.6. The van der Waals surface area contributed by atoms with Crippen LogP contribution in [0.5, 0.6) is 0 Å². The maximum Gasteiger partial charge on any atom is 0.256 e. The number of amides is 1. The molecule has 1 amide bonds. The summed E-state index contributed by atoms with van der Waals surface area (Å²) in [7, 11) is 0. The van der Waals surface area contributed by atoms with Crippen LogP contribution in [0.15, 0.2) is 42.7 Å². The summed E-state index contributed by atoms with van der Waals surface area (Å²) >= 11 is 0. The smallest absolute Gasteiger partial charge is 0.256 e. The number of fused-ring (bicyclic) bond motifs is 1. The summed E-state index contributed by atoms with van der Waals surface area (Å²) in [6, 6.07) is 11.2. The van der Waals surface area contributed by atoms with Gasteiger partial charge in [0.2, 0.25) is 0 Å². The number of anilines is 2. The normalized spacial score (nSPS) is 15.4. The Morgan fingerprint density at radius 2 is 1.92 bits per heavy atom. The highest BCUT2D eigenvalue weighted by molar-refractivity contribution is 5.94. The largest absolute Gasteiger partial charge is 0.383 e. The molecule has 0 bridgehead atoms. The third-order valence-electron chi connectivity index (χ3n) is 4.39. The van der Waals surface area contributed by atoms with Crippen LogP contribution in [0.25, 0.3) is 5.78 Å². The van der Waals surface area contributed by atoms with E-state index in [2.05, 4.69) is 20.0 Å². The van der Waals surface area contributed by atoms with Crippen molar-refractivity contribution < 1.29 is 4.79 Å². The molecule has 3 heterocycles. The second-order valence-electron chi connectivity index (χ2n) is 6.01. The lowest BCUT2D eigenvalue weighted by Gasteiger charge is -2.23. The minimum Gasteiger partial charge on any atom is -0.383 e. The molecule has 2 N–H and O–H groups in total. The number of nitrogen functional groups attached to an aromatic ring is 1. The fourth-order valence-corrected chi connectivity index (χ4v) is 3.10. The molecule has 3 aromatic rings. The van der Waals surface area contributed by atoms with Crippen LogP contribution < -0.4 is 10.6 Å². The lowest BCUT2D eigenvalue weighted by molar-refractivity contribution is 0.0767. The van der Waals surface area contributed by atoms with Crippen molar-refractivity contribution >= 4 is 23.3 Å². The molecule has 0 atom stereocenters. The van der Waals surface area contributed by atoms with Gasteiger partial charge in [0.1, 0.15) is 18.0 Å². The van der Waals surface area contributed by atoms with Gasteiger partial charge in [-0.1, -0.05) is 18.2 Å². The fraction of sp³-hybridized carbons (Fsp3) is 0.294. The molecule has 0 saturated carbocycles. The van der Waals surface area contributed by atoms with Gasteiger partial charge in [-0.3, -0.25) is 4.79 Å². The monoisotopic (exact) mass is 337 g/mol. The highest BCUT2D eigenvalue weighted by Crippen LogP contribution is 2.18. The first-order valence-corrected chi connectivity index (χ1v) is 8.28. The molecule has 0 unspecified atom stereocenters. The zero-order valence-corrected chi connectivity index (χ0v) is 13.7. The highest BCUT2D eigenvalue weighted by atomic mass is 16.2. The van der Waals surface area contributed by atoms with Crippen molar-refractivity contribution in [2.75, 3.05) is 36.8 Å². The summed E-state index contributed by atoms with van der Waals surface area (Å²) in [5.74, 6) is 1.82. The van der Waals surface area contributed by atoms with E-state index in [4.69, 9.17) is 5.73 Å². The van der Waals surface area contributed by atoms with E-state index < -0.39 is 0 Å². The third-order valence-corrected chi connectivity index (χ3v) is 4.39. The van der Waals surface area contributed by atoms with Crippen molar-refractivity contribution in [1.82, 2.24) is 24.5 Å². The second kappa shape index (κ2) is 6.39. The first-order valence-electron chi connectivity index (χ1n) is 8.28. The summed E-state index contributed by atoms with van der Waals surface area (Å²) in [5, 5.41) is 4.04. The van der Waals surface area contributed by atoms with Gasteiger partial charge in [0, 0.05) is 37.8 Å². The number of benzene rings is 1. The van der Waals surface area contributed by atoms with E-state index in [0.717, 1.165) is 30.9 Å². The number of nitrogens with zero attached hydrogens (tertiary/aromatic N) is 6. The number of hydrogen-bond acceptors (Lipinski definition) is 6. The lowest BCUT2D eigenvalue weighted by atomic mass is 10.2. The average molecular weight is 337 g/mol. The van der Waals surface area contributed by atoms with Gasteiger partial charge in [-0.25, -0.2) is 0 Å². The molecule has 4 rings (SSSR count). The number of hydrogen-bond donors (Lipinski definition) is 1. The van der Waals surface area contributed by atoms with Crippen LogP contribution in [0, 0.1) is 0 Å². The Labute approximate surface area is 144 Å². The number of carbonyl (C=O) groups excluding carboxylic acids is 1. The van der Waals surface area contributed by atoms with Crippen LogP contribution in [-0.4, -0.2) is 56.6 Å². The SMILES string of the molecule is Nc1cc(N2CCCN(C(=O)c3ccccc3)CC2)nc2ncnn12. The standard InChI is InChI=1S/C17H19N7O/c18-14-11-15(21-17-19-12-20-24(14)17)22-7-4-8-23(10-9-22)16(25)13-5-2-1-3-6-13/h1-3,5-6,11-12H,4,7-10,18H2. The first kappa shape index (κ1) is 15.4. The summed E-state index contributed by atoms with van der Waals surface area (Å²) in [6.07, 6.45) is 2.31. The maximum atomic E-state index is 12.6. The van der Waals surface area contributed by atoms with E-state index in [9.17, 15) is 4.79 Å². The molecule has 0 radical (unpaired) electrons. The lowest BCUT2D eigenvalue weighted by Crippen LogP contribution is -2.35. The number of carbonyl (C=O) groups is 1. The zero-order valence-electron chi connectivity index (χ0n) is 13.7. The van der Waals surface area contributed by atoms with Crippen LogP contribution in [0.2, 0.25) is 0 Å². The topological polar surface area (TPSA) is 92.6 Å². The zero-order chi connectivity index (χ0) is 17.2. The van der Waals surface area contributed by atoms with Crippen molar-refractivity contribution in [2.24, 2.45) is 0 Å². The average Bonchev–Trinajstić information content (AvgIpc) is 2.98. The second-order valence-corrected chi connectivity index (χ2v) is 6.01. The molecule has 0 spiro atoms. The van der Waals surface area contributed by atoms with Gasteiger partial charge in [0.15, 0.2) is 0 Å². The molecule has 128 valence electrons. The molecule has 8 nitrogen and oxygen atoms in total. The van der Waals surface area contributed by atoms with Gasteiger partial charge in [0.05, 0.1) is 0 Å². The first-order chi connectivity index (χ1) is 12.2. The van der Waals surface area contributed by atoms with Crippen LogP contribution in [0.3, 0.4) is 0 Å². The molecule has 1 aliphatic heterocycles. The van der Waals surface area contributed by atoms with Crippen LogP contribution in [0.4, 0.5) is 11.6 Å². The van der Waals surface area contributed by atoms with Crippen LogP contribution >= 0.6 is 0 Å². The fourth-order valence-electron chi connectivity index (χ4n) is 3.10. The van der Waals surface area contributed by atoms with Crippen molar-refractivity contribution in [3.8, 4) is 0 Å². The Kier molecular flexibility index (Phi) is 3.93. The van der Waals surface area contributed by atoms with Gasteiger partial charge >= 0.3 is 0 Å². The predicted octanol–water partition coefficient (Wildman–Crippen LogP) is 1.06. The predicted molar refractivity (Wildman–Crippen MR) is 94.4 cm³/mol. The molecule has 1 aromatic carbocycles. The van der Waals surface area contributed by atoms with Gasteiger partial charge in [0.25, 0.3) is 11.7 Å². The minimum absolute atomic E-state index is 0.0721. The third kappa shape index (κ3) is 2.98. The summed E-state index contributed by atoms with van der Waals surface area (Å²) < 4.78 is 1.51. The summed E-state index contributed by atoms with van der Waals surface area (Å²) in [6.45, 7) is 2.89. The molecule has 2 aromatic heterocycles. The molecule has 0 aliphatic carbocycles. The van der Waals surface area contributed by atoms with Gasteiger partial charge < -0.3 is 15.5 Å². The Morgan fingerprint density at radius 3 is 2.76 bits per heavy atom. The summed E-state index contributed by atoms with van der Waals surface area (Å²) in [5.41, 5.74) is 6.75. The Balaban J connectivity index is 1.51. The van der Waals surface area contributed by atoms with E-state index in [1.54, 1.807) is 6.07 Å². The molecule has 1 fully saturated rings. The number of rotatable bonds is 2. The van der Waals surface area contributed by atoms with Crippen molar-refractivity contribution in [2.45, 2.75) is 6.42 Å². The quantitative estimate of drug-likeness (QED) is 0.752. The van der Waals surface area contributed by atoms with Gasteiger partial charge in [-0.05, 0) is 18.6 Å². The Morgan fingerprint density at radius 1 is 1.08 bits per heavy atom. The summed E-state index contributed by atoms with van der Waals surface area (Å²) in [4.78, 5) is 25.3. The highest BCUT2D eigenvalue weighted by Gasteiger charge is 2.21. The van der Waals surface area contributed by atoms with E-state index in [1.165, 1.54) is 10.8 Å². The van der Waals surface area contributed by atoms with E-state index in [0.29, 0.717) is 24.7 Å². The van der Waals surface area contributed by atoms with Gasteiger partial charge in [-0.2, -0.15) is 19.6 Å². The molecular formula is C17H19N7O. The van der Waals surface area contributed by atoms with Crippen molar-refractivity contribution in [3.63, 3.8) is 0 Å². The number of aromatic nitrogens is 4. The van der Waals surface area contributed by atoms with Crippen molar-refractivity contribution in [1.29, 1.82) is 0 Å². The number of nitrogens with two attached hydrogens (primary N) is 1. The van der Waals surface area contributed by atoms with Gasteiger partial charge in [-0.15, -0.1) is 0 Å². The van der Waals surface area contributed by atoms with Crippen LogP contribution in [-0.2, 0) is 0 Å².